The molecule has 0 bridgehead atoms. The second-order valence-electron chi connectivity index (χ2n) is 1.66. The van der Waals surface area contributed by atoms with E-state index in [4.69, 9.17) is 0 Å². The summed E-state index contributed by atoms with van der Waals surface area (Å²) in [6.07, 6.45) is 1.59. The van der Waals surface area contributed by atoms with Gasteiger partial charge in [-0.1, -0.05) is 12.2 Å². The molecule has 0 unspecified atom stereocenters. The molecule has 0 atom stereocenters. The highest BCUT2D eigenvalue weighted by Crippen LogP contribution is 1.79. The van der Waals surface area contributed by atoms with Crippen LogP contribution in [0.25, 0.3) is 0 Å². The number of aliphatic imine (C=N–C) groups is 1. The van der Waals surface area contributed by atoms with E-state index in [1.54, 1.807) is 6.34 Å². The Balaban J connectivity index is 3.19. The third-order valence-electron chi connectivity index (χ3n) is 0.515. The van der Waals surface area contributed by atoms with E-state index in [9.17, 15) is 0 Å². The minimum atomic E-state index is 0.345. The van der Waals surface area contributed by atoms with Crippen LogP contribution in [0, 0.1) is 0 Å². The van der Waals surface area contributed by atoms with E-state index in [1.165, 1.54) is 5.49 Å². The van der Waals surface area contributed by atoms with Gasteiger partial charge in [0.05, 0.1) is 11.8 Å². The zero-order valence-electron chi connectivity index (χ0n) is 5.09. The molecule has 0 aromatic heterocycles. The van der Waals surface area contributed by atoms with Crippen LogP contribution in [0.2, 0.25) is 0 Å². The van der Waals surface area contributed by atoms with Crippen LogP contribution in [0.5, 0.6) is 0 Å². The van der Waals surface area contributed by atoms with Gasteiger partial charge in [-0.2, -0.15) is 0 Å². The van der Waals surface area contributed by atoms with E-state index in [2.05, 4.69) is 22.5 Å². The Morgan fingerprint density at radius 2 is 2.25 bits per heavy atom. The van der Waals surface area contributed by atoms with E-state index in [0.717, 1.165) is 0 Å². The molecule has 8 heavy (non-hydrogen) atoms. The Kier molecular flexibility index (Phi) is 4.45. The van der Waals surface area contributed by atoms with Crippen molar-refractivity contribution in [3.05, 3.63) is 0 Å². The van der Waals surface area contributed by atoms with Gasteiger partial charge in [0.2, 0.25) is 0 Å². The molecule has 0 aromatic carbocycles. The highest BCUT2D eigenvalue weighted by molar-refractivity contribution is 7.78. The lowest BCUT2D eigenvalue weighted by molar-refractivity contribution is 0.837. The second-order valence-corrected chi connectivity index (χ2v) is 1.89. The maximum absolute atomic E-state index is 4.48. The zero-order valence-corrected chi connectivity index (χ0v) is 5.90. The summed E-state index contributed by atoms with van der Waals surface area (Å²) in [6.45, 7) is 4.00. The summed E-state index contributed by atoms with van der Waals surface area (Å²) in [5.41, 5.74) is 1.42. The summed E-state index contributed by atoms with van der Waals surface area (Å²) in [5, 5.41) is 2.68. The standard InChI is InChI=1S/C5H10N2S/c1-5(2)7-3-6-4-8/h3-5H,1-2H3,(H,6,7,8). The fourth-order valence-corrected chi connectivity index (χ4v) is 0.283. The van der Waals surface area contributed by atoms with Crippen LogP contribution in [-0.2, 0) is 0 Å². The van der Waals surface area contributed by atoms with Crippen molar-refractivity contribution in [3.63, 3.8) is 0 Å². The lowest BCUT2D eigenvalue weighted by atomic mass is 10.4. The largest absolute Gasteiger partial charge is 0.344 e. The molecule has 0 amide bonds. The predicted octanol–water partition coefficient (Wildman–Crippen LogP) is 0.970. The summed E-state index contributed by atoms with van der Waals surface area (Å²) in [5.74, 6) is 0. The van der Waals surface area contributed by atoms with Gasteiger partial charge in [-0.25, -0.2) is 0 Å². The fraction of sp³-hybridized carbons (Fsp3) is 0.600. The van der Waals surface area contributed by atoms with Gasteiger partial charge in [0, 0.05) is 6.04 Å². The van der Waals surface area contributed by atoms with Crippen LogP contribution in [0.15, 0.2) is 4.99 Å². The minimum Gasteiger partial charge on any atom is -0.344 e. The highest BCUT2D eigenvalue weighted by Gasteiger charge is 1.79. The van der Waals surface area contributed by atoms with E-state index < -0.39 is 0 Å². The van der Waals surface area contributed by atoms with Crippen molar-refractivity contribution < 1.29 is 0 Å². The topological polar surface area (TPSA) is 24.4 Å². The third kappa shape index (κ3) is 5.56. The molecule has 0 aliphatic heterocycles. The Hall–Kier alpha value is -0.440. The predicted molar refractivity (Wildman–Crippen MR) is 40.4 cm³/mol. The molecule has 0 radical (unpaired) electrons. The monoisotopic (exact) mass is 130 g/mol. The van der Waals surface area contributed by atoms with Crippen LogP contribution < -0.4 is 5.32 Å². The minimum absolute atomic E-state index is 0.345. The van der Waals surface area contributed by atoms with Gasteiger partial charge in [0.15, 0.2) is 0 Å². The third-order valence-corrected chi connectivity index (χ3v) is 0.651. The molecule has 0 aromatic rings. The first-order valence-electron chi connectivity index (χ1n) is 2.48. The number of thiocarbonyl (C=S) groups is 1. The smallest absolute Gasteiger partial charge is 0.0872 e. The van der Waals surface area contributed by atoms with Crippen LogP contribution in [0.4, 0.5) is 0 Å². The lowest BCUT2D eigenvalue weighted by Gasteiger charge is -1.91. The average Bonchev–Trinajstić information content (AvgIpc) is 1.66. The number of hydrogen-bond donors (Lipinski definition) is 1. The van der Waals surface area contributed by atoms with Crippen molar-refractivity contribution in [3.8, 4) is 0 Å². The Morgan fingerprint density at radius 3 is 2.62 bits per heavy atom. The molecule has 46 valence electrons. The van der Waals surface area contributed by atoms with Crippen molar-refractivity contribution in [2.75, 3.05) is 0 Å². The van der Waals surface area contributed by atoms with Crippen LogP contribution in [0.1, 0.15) is 13.8 Å². The van der Waals surface area contributed by atoms with Gasteiger partial charge in [-0.3, -0.25) is 4.99 Å². The summed E-state index contributed by atoms with van der Waals surface area (Å²) >= 11 is 4.48. The van der Waals surface area contributed by atoms with Crippen molar-refractivity contribution in [1.82, 2.24) is 5.32 Å². The summed E-state index contributed by atoms with van der Waals surface area (Å²) < 4.78 is 0. The number of rotatable bonds is 3. The van der Waals surface area contributed by atoms with E-state index in [-0.39, 0.29) is 0 Å². The first-order chi connectivity index (χ1) is 3.77. The number of hydrogen-bond acceptors (Lipinski definition) is 2. The van der Waals surface area contributed by atoms with Crippen molar-refractivity contribution in [1.29, 1.82) is 0 Å². The van der Waals surface area contributed by atoms with Gasteiger partial charge in [-0.15, -0.1) is 0 Å². The zero-order chi connectivity index (χ0) is 6.41. The number of nitrogens with zero attached hydrogens (tertiary/aromatic N) is 1. The molecule has 0 saturated carbocycles. The summed E-state index contributed by atoms with van der Waals surface area (Å²) in [6, 6.07) is 0.345. The molecule has 0 spiro atoms. The maximum Gasteiger partial charge on any atom is 0.0872 e. The van der Waals surface area contributed by atoms with Crippen LogP contribution in [-0.4, -0.2) is 17.9 Å². The van der Waals surface area contributed by atoms with E-state index >= 15 is 0 Å². The molecule has 0 fully saturated rings. The summed E-state index contributed by atoms with van der Waals surface area (Å²) in [7, 11) is 0. The molecule has 3 heteroatoms. The van der Waals surface area contributed by atoms with Crippen molar-refractivity contribution in [2.24, 2.45) is 4.99 Å². The first kappa shape index (κ1) is 7.56. The molecule has 2 nitrogen and oxygen atoms in total. The van der Waals surface area contributed by atoms with Gasteiger partial charge in [-0.05, 0) is 13.8 Å². The maximum atomic E-state index is 4.48. The Morgan fingerprint density at radius 1 is 1.62 bits per heavy atom. The van der Waals surface area contributed by atoms with Gasteiger partial charge in [0.1, 0.15) is 0 Å². The van der Waals surface area contributed by atoms with Gasteiger partial charge < -0.3 is 5.32 Å². The molecule has 0 heterocycles. The Labute approximate surface area is 55.0 Å². The second kappa shape index (κ2) is 4.71. The van der Waals surface area contributed by atoms with E-state index in [1.807, 2.05) is 13.8 Å². The van der Waals surface area contributed by atoms with Crippen molar-refractivity contribution >= 4 is 24.0 Å². The molecular formula is C5H10N2S. The van der Waals surface area contributed by atoms with Crippen LogP contribution >= 0.6 is 12.2 Å². The molecule has 0 rings (SSSR count). The molecule has 1 N–H and O–H groups in total. The SMILES string of the molecule is CC(C)N=CNC=S. The first-order valence-corrected chi connectivity index (χ1v) is 2.96. The molecular weight excluding hydrogens is 120 g/mol. The highest BCUT2D eigenvalue weighted by atomic mass is 32.1. The number of nitrogens with one attached hydrogen (secondary N) is 1. The van der Waals surface area contributed by atoms with Gasteiger partial charge in [0.25, 0.3) is 0 Å². The average molecular weight is 130 g/mol. The fourth-order valence-electron chi connectivity index (χ4n) is 0.223. The van der Waals surface area contributed by atoms with E-state index in [0.29, 0.717) is 6.04 Å². The summed E-state index contributed by atoms with van der Waals surface area (Å²) in [4.78, 5) is 3.98. The van der Waals surface area contributed by atoms with Gasteiger partial charge >= 0.3 is 0 Å². The quantitative estimate of drug-likeness (QED) is 0.350. The molecule has 0 aliphatic rings. The molecule has 0 saturated heterocycles. The van der Waals surface area contributed by atoms with Crippen LogP contribution in [0.3, 0.4) is 0 Å². The Bertz CT molecular complexity index is 88.4. The lowest BCUT2D eigenvalue weighted by Crippen LogP contribution is -2.06. The normalized spacial score (nSPS) is 10.4. The van der Waals surface area contributed by atoms with Crippen molar-refractivity contribution in [2.45, 2.75) is 19.9 Å². The molecule has 0 aliphatic carbocycles.